The molecule has 3 aliphatic rings. The number of nitriles is 1. The van der Waals surface area contributed by atoms with E-state index in [0.29, 0.717) is 21.4 Å². The van der Waals surface area contributed by atoms with Crippen molar-refractivity contribution in [3.8, 4) is 17.2 Å². The molecule has 0 saturated heterocycles. The van der Waals surface area contributed by atoms with Crippen molar-refractivity contribution in [2.75, 3.05) is 0 Å². The Labute approximate surface area is 187 Å². The molecule has 2 aromatic rings. The van der Waals surface area contributed by atoms with Crippen LogP contribution in [0.15, 0.2) is 42.5 Å². The van der Waals surface area contributed by atoms with Gasteiger partial charge in [0.1, 0.15) is 6.07 Å². The van der Waals surface area contributed by atoms with E-state index in [4.69, 9.17) is 11.6 Å². The van der Waals surface area contributed by atoms with Gasteiger partial charge in [0, 0.05) is 0 Å². The minimum absolute atomic E-state index is 0.320. The first kappa shape index (κ1) is 21.5. The van der Waals surface area contributed by atoms with Crippen LogP contribution in [0.5, 0.6) is 0 Å². The van der Waals surface area contributed by atoms with E-state index in [-0.39, 0.29) is 0 Å². The quantitative estimate of drug-likeness (QED) is 0.392. The molecule has 2 heteroatoms. The second-order valence-corrected chi connectivity index (χ2v) is 10.2. The maximum absolute atomic E-state index is 9.22. The number of nitrogens with zero attached hydrogens (tertiary/aromatic N) is 1. The monoisotopic (exact) mass is 419 g/mol. The fourth-order valence-electron chi connectivity index (χ4n) is 6.12. The third-order valence-corrected chi connectivity index (χ3v) is 8.42. The van der Waals surface area contributed by atoms with Crippen LogP contribution in [0.25, 0.3) is 11.1 Å². The molecule has 2 aromatic carbocycles. The van der Waals surface area contributed by atoms with Gasteiger partial charge in [0.25, 0.3) is 0 Å². The van der Waals surface area contributed by atoms with E-state index in [1.807, 2.05) is 12.1 Å². The van der Waals surface area contributed by atoms with Gasteiger partial charge in [-0.2, -0.15) is 5.26 Å². The number of rotatable bonds is 8. The average Bonchev–Trinajstić information content (AvgIpc) is 2.80. The lowest BCUT2D eigenvalue weighted by atomic mass is 9.50. The first-order valence-corrected chi connectivity index (χ1v) is 12.3. The normalized spacial score (nSPS) is 25.2. The number of halogens is 1. The number of unbranched alkanes of at least 4 members (excludes halogenated alkanes) is 4. The van der Waals surface area contributed by atoms with Gasteiger partial charge in [0.15, 0.2) is 0 Å². The largest absolute Gasteiger partial charge is 0.192 e. The number of benzene rings is 2. The summed E-state index contributed by atoms with van der Waals surface area (Å²) in [7, 11) is 0. The average molecular weight is 420 g/mol. The molecule has 2 bridgehead atoms. The zero-order valence-electron chi connectivity index (χ0n) is 18.4. The van der Waals surface area contributed by atoms with Gasteiger partial charge in [0.2, 0.25) is 0 Å². The van der Waals surface area contributed by atoms with Crippen LogP contribution in [0.1, 0.15) is 95.1 Å². The summed E-state index contributed by atoms with van der Waals surface area (Å²) < 4.78 is 0. The van der Waals surface area contributed by atoms with E-state index >= 15 is 0 Å². The highest BCUT2D eigenvalue weighted by atomic mass is 35.5. The fraction of sp³-hybridized carbons (Fsp3) is 0.536. The molecule has 0 amide bonds. The van der Waals surface area contributed by atoms with Crippen LogP contribution >= 0.6 is 11.6 Å². The Balaban J connectivity index is 1.52. The Morgan fingerprint density at radius 1 is 0.900 bits per heavy atom. The molecule has 0 unspecified atom stereocenters. The van der Waals surface area contributed by atoms with Gasteiger partial charge in [-0.25, -0.2) is 0 Å². The Kier molecular flexibility index (Phi) is 6.54. The van der Waals surface area contributed by atoms with E-state index in [1.54, 1.807) is 0 Å². The summed E-state index contributed by atoms with van der Waals surface area (Å²) in [5.74, 6) is 0. The minimum Gasteiger partial charge on any atom is -0.192 e. The summed E-state index contributed by atoms with van der Waals surface area (Å²) >= 11 is 6.37. The second-order valence-electron chi connectivity index (χ2n) is 9.80. The molecule has 0 N–H and O–H groups in total. The lowest BCUT2D eigenvalue weighted by molar-refractivity contribution is 0.0307. The molecule has 1 nitrogen and oxygen atoms in total. The van der Waals surface area contributed by atoms with Crippen molar-refractivity contribution in [2.24, 2.45) is 5.41 Å². The van der Waals surface area contributed by atoms with E-state index in [2.05, 4.69) is 43.3 Å². The topological polar surface area (TPSA) is 23.8 Å². The second kappa shape index (κ2) is 9.15. The molecule has 0 aliphatic heterocycles. The molecule has 158 valence electrons. The highest BCUT2D eigenvalue weighted by Crippen LogP contribution is 2.60. The SMILES string of the molecule is CCCCCCCC12CCC(c3ccccc3-c3ccc(C#N)c(Cl)c3)(CC1)CC2. The maximum atomic E-state index is 9.22. The van der Waals surface area contributed by atoms with Crippen molar-refractivity contribution in [1.82, 2.24) is 0 Å². The highest BCUT2D eigenvalue weighted by Gasteiger charge is 2.49. The van der Waals surface area contributed by atoms with Gasteiger partial charge in [-0.1, -0.05) is 81.0 Å². The Morgan fingerprint density at radius 3 is 2.27 bits per heavy atom. The number of hydrogen-bond donors (Lipinski definition) is 0. The van der Waals surface area contributed by atoms with Crippen molar-refractivity contribution in [1.29, 1.82) is 5.26 Å². The summed E-state index contributed by atoms with van der Waals surface area (Å²) in [5.41, 5.74) is 5.44. The van der Waals surface area contributed by atoms with Crippen molar-refractivity contribution >= 4 is 11.6 Å². The zero-order valence-corrected chi connectivity index (χ0v) is 19.1. The minimum atomic E-state index is 0.320. The van der Waals surface area contributed by atoms with Crippen molar-refractivity contribution < 1.29 is 0 Å². The number of fused-ring (bicyclic) bond motifs is 3. The summed E-state index contributed by atoms with van der Waals surface area (Å²) in [6.45, 7) is 2.30. The van der Waals surface area contributed by atoms with E-state index in [9.17, 15) is 5.26 Å². The van der Waals surface area contributed by atoms with Crippen molar-refractivity contribution in [3.63, 3.8) is 0 Å². The van der Waals surface area contributed by atoms with Gasteiger partial charge in [-0.15, -0.1) is 0 Å². The summed E-state index contributed by atoms with van der Waals surface area (Å²) in [6.07, 6.45) is 16.6. The Bertz CT molecular complexity index is 898. The Morgan fingerprint density at radius 2 is 1.60 bits per heavy atom. The van der Waals surface area contributed by atoms with Crippen LogP contribution in [0.2, 0.25) is 5.02 Å². The zero-order chi connectivity index (χ0) is 21.0. The lowest BCUT2D eigenvalue weighted by Gasteiger charge is -2.54. The third-order valence-electron chi connectivity index (χ3n) is 8.11. The molecule has 0 aromatic heterocycles. The molecule has 5 rings (SSSR count). The van der Waals surface area contributed by atoms with Gasteiger partial charge in [-0.3, -0.25) is 0 Å². The molecule has 30 heavy (non-hydrogen) atoms. The molecule has 0 heterocycles. The van der Waals surface area contributed by atoms with Crippen LogP contribution in [-0.2, 0) is 5.41 Å². The van der Waals surface area contributed by atoms with E-state index in [0.717, 1.165) is 5.56 Å². The third kappa shape index (κ3) is 4.17. The van der Waals surface area contributed by atoms with Crippen LogP contribution in [-0.4, -0.2) is 0 Å². The molecule has 0 radical (unpaired) electrons. The Hall–Kier alpha value is -1.78. The van der Waals surface area contributed by atoms with Crippen molar-refractivity contribution in [2.45, 2.75) is 89.4 Å². The van der Waals surface area contributed by atoms with Gasteiger partial charge < -0.3 is 0 Å². The van der Waals surface area contributed by atoms with Gasteiger partial charge >= 0.3 is 0 Å². The van der Waals surface area contributed by atoms with E-state index in [1.165, 1.54) is 88.2 Å². The number of hydrogen-bond acceptors (Lipinski definition) is 1. The highest BCUT2D eigenvalue weighted by molar-refractivity contribution is 6.32. The molecule has 3 aliphatic carbocycles. The molecule has 0 atom stereocenters. The van der Waals surface area contributed by atoms with Crippen molar-refractivity contribution in [3.05, 3.63) is 58.6 Å². The van der Waals surface area contributed by atoms with E-state index < -0.39 is 0 Å². The molecular formula is C28H34ClN. The first-order chi connectivity index (χ1) is 14.6. The predicted octanol–water partition coefficient (Wildman–Crippen LogP) is 8.83. The maximum Gasteiger partial charge on any atom is 0.101 e. The molecule has 0 spiro atoms. The van der Waals surface area contributed by atoms with Crippen LogP contribution < -0.4 is 0 Å². The van der Waals surface area contributed by atoms with Gasteiger partial charge in [-0.05, 0) is 84.6 Å². The van der Waals surface area contributed by atoms with Crippen LogP contribution in [0, 0.1) is 16.7 Å². The standard InChI is InChI=1S/C28H34ClN/c1-2-3-4-5-8-13-27-14-17-28(18-15-27,19-16-27)25-10-7-6-9-24(25)22-11-12-23(21-30)26(29)20-22/h6-7,9-12,20H,2-5,8,13-19H2,1H3. The smallest absolute Gasteiger partial charge is 0.101 e. The molecular weight excluding hydrogens is 386 g/mol. The van der Waals surface area contributed by atoms with Crippen LogP contribution in [0.4, 0.5) is 0 Å². The predicted molar refractivity (Wildman–Crippen MR) is 127 cm³/mol. The fourth-order valence-corrected chi connectivity index (χ4v) is 6.34. The summed E-state index contributed by atoms with van der Waals surface area (Å²) in [6, 6.07) is 17.0. The lowest BCUT2D eigenvalue weighted by Crippen LogP contribution is -2.44. The van der Waals surface area contributed by atoms with Gasteiger partial charge in [0.05, 0.1) is 10.6 Å². The first-order valence-electron chi connectivity index (χ1n) is 11.9. The van der Waals surface area contributed by atoms with Crippen LogP contribution in [0.3, 0.4) is 0 Å². The summed E-state index contributed by atoms with van der Waals surface area (Å²) in [4.78, 5) is 0. The molecule has 3 fully saturated rings. The summed E-state index contributed by atoms with van der Waals surface area (Å²) in [5, 5.41) is 9.77. The molecule has 3 saturated carbocycles.